The van der Waals surface area contributed by atoms with Crippen LogP contribution in [0, 0.1) is 5.92 Å². The molecule has 2 rings (SSSR count). The van der Waals surface area contributed by atoms with Crippen molar-refractivity contribution in [3.63, 3.8) is 0 Å². The summed E-state index contributed by atoms with van der Waals surface area (Å²) in [5, 5.41) is 10.4. The summed E-state index contributed by atoms with van der Waals surface area (Å²) in [6.07, 6.45) is 1.12. The number of aromatic nitrogens is 2. The first-order chi connectivity index (χ1) is 7.93. The van der Waals surface area contributed by atoms with Gasteiger partial charge in [0.2, 0.25) is 5.13 Å². The van der Waals surface area contributed by atoms with Crippen LogP contribution in [0.1, 0.15) is 39.9 Å². The van der Waals surface area contributed by atoms with E-state index in [0.29, 0.717) is 5.92 Å². The third kappa shape index (κ3) is 2.45. The summed E-state index contributed by atoms with van der Waals surface area (Å²) >= 11 is 1.45. The van der Waals surface area contributed by atoms with Gasteiger partial charge in [-0.3, -0.25) is 0 Å². The number of hydrogen-bond donors (Lipinski definition) is 1. The van der Waals surface area contributed by atoms with Crippen molar-refractivity contribution in [2.75, 3.05) is 18.1 Å². The molecule has 2 heterocycles. The van der Waals surface area contributed by atoms with Crippen LogP contribution in [-0.4, -0.2) is 33.7 Å². The molecule has 1 aliphatic heterocycles. The molecule has 1 aliphatic rings. The van der Waals surface area contributed by atoms with Crippen molar-refractivity contribution in [3.05, 3.63) is 5.82 Å². The predicted molar refractivity (Wildman–Crippen MR) is 70.6 cm³/mol. The van der Waals surface area contributed by atoms with E-state index < -0.39 is 0 Å². The van der Waals surface area contributed by atoms with E-state index in [1.165, 1.54) is 11.5 Å². The van der Waals surface area contributed by atoms with Crippen LogP contribution < -0.4 is 4.90 Å². The zero-order chi connectivity index (χ0) is 12.6. The predicted octanol–water partition coefficient (Wildman–Crippen LogP) is 2.04. The van der Waals surface area contributed by atoms with Crippen molar-refractivity contribution >= 4 is 16.7 Å². The van der Waals surface area contributed by atoms with Crippen molar-refractivity contribution in [2.45, 2.75) is 45.6 Å². The number of nitrogens with zero attached hydrogens (tertiary/aromatic N) is 3. The first-order valence-electron chi connectivity index (χ1n) is 6.15. The van der Waals surface area contributed by atoms with Crippen LogP contribution in [0.3, 0.4) is 0 Å². The number of aliphatic hydroxyl groups excluding tert-OH is 1. The maximum atomic E-state index is 9.45. The quantitative estimate of drug-likeness (QED) is 0.878. The minimum Gasteiger partial charge on any atom is -0.394 e. The number of hydrogen-bond acceptors (Lipinski definition) is 5. The van der Waals surface area contributed by atoms with E-state index in [2.05, 4.69) is 42.0 Å². The highest BCUT2D eigenvalue weighted by Crippen LogP contribution is 2.32. The molecule has 0 spiro atoms. The third-order valence-electron chi connectivity index (χ3n) is 3.40. The van der Waals surface area contributed by atoms with Gasteiger partial charge in [0.25, 0.3) is 0 Å². The van der Waals surface area contributed by atoms with Gasteiger partial charge < -0.3 is 10.0 Å². The molecule has 1 fully saturated rings. The lowest BCUT2D eigenvalue weighted by atomic mass is 9.96. The van der Waals surface area contributed by atoms with Gasteiger partial charge in [-0.05, 0) is 12.3 Å². The highest BCUT2D eigenvalue weighted by atomic mass is 32.1. The molecule has 1 aromatic heterocycles. The molecule has 1 aromatic rings. The molecule has 4 nitrogen and oxygen atoms in total. The van der Waals surface area contributed by atoms with Gasteiger partial charge in [-0.1, -0.05) is 27.7 Å². The van der Waals surface area contributed by atoms with Gasteiger partial charge in [0.15, 0.2) is 0 Å². The van der Waals surface area contributed by atoms with E-state index in [4.69, 9.17) is 0 Å². The van der Waals surface area contributed by atoms with Crippen molar-refractivity contribution < 1.29 is 5.11 Å². The summed E-state index contributed by atoms with van der Waals surface area (Å²) in [4.78, 5) is 6.82. The first kappa shape index (κ1) is 12.8. The van der Waals surface area contributed by atoms with Gasteiger partial charge in [-0.15, -0.1) is 0 Å². The van der Waals surface area contributed by atoms with E-state index in [9.17, 15) is 5.11 Å². The number of aliphatic hydroxyl groups is 1. The average molecular weight is 255 g/mol. The molecule has 0 saturated carbocycles. The zero-order valence-electron chi connectivity index (χ0n) is 11.0. The summed E-state index contributed by atoms with van der Waals surface area (Å²) in [7, 11) is 0. The Balaban J connectivity index is 2.21. The second kappa shape index (κ2) is 4.53. The Morgan fingerprint density at radius 2 is 2.18 bits per heavy atom. The van der Waals surface area contributed by atoms with Gasteiger partial charge in [-0.2, -0.15) is 4.37 Å². The fraction of sp³-hybridized carbons (Fsp3) is 0.833. The summed E-state index contributed by atoms with van der Waals surface area (Å²) < 4.78 is 4.43. The maximum Gasteiger partial charge on any atom is 0.205 e. The van der Waals surface area contributed by atoms with Crippen molar-refractivity contribution in [1.82, 2.24) is 9.36 Å². The van der Waals surface area contributed by atoms with Crippen molar-refractivity contribution in [1.29, 1.82) is 0 Å². The molecule has 0 amide bonds. The van der Waals surface area contributed by atoms with Crippen LogP contribution in [-0.2, 0) is 5.41 Å². The zero-order valence-corrected chi connectivity index (χ0v) is 11.8. The summed E-state index contributed by atoms with van der Waals surface area (Å²) in [6, 6.07) is 0.204. The lowest BCUT2D eigenvalue weighted by Gasteiger charge is -2.24. The minimum absolute atomic E-state index is 0.00516. The van der Waals surface area contributed by atoms with E-state index in [1.807, 2.05) is 0 Å². The van der Waals surface area contributed by atoms with Gasteiger partial charge in [0.1, 0.15) is 5.82 Å². The molecule has 0 radical (unpaired) electrons. The molecule has 2 unspecified atom stereocenters. The molecule has 1 saturated heterocycles. The van der Waals surface area contributed by atoms with Crippen LogP contribution in [0.4, 0.5) is 5.13 Å². The van der Waals surface area contributed by atoms with E-state index in [1.54, 1.807) is 0 Å². The molecule has 17 heavy (non-hydrogen) atoms. The Bertz CT molecular complexity index is 385. The summed E-state index contributed by atoms with van der Waals surface area (Å²) in [5.74, 6) is 1.43. The largest absolute Gasteiger partial charge is 0.394 e. The molecular weight excluding hydrogens is 234 g/mol. The van der Waals surface area contributed by atoms with Gasteiger partial charge in [0.05, 0.1) is 12.6 Å². The Kier molecular flexibility index (Phi) is 3.41. The third-order valence-corrected chi connectivity index (χ3v) is 4.15. The van der Waals surface area contributed by atoms with Crippen LogP contribution in [0.2, 0.25) is 0 Å². The Hall–Kier alpha value is -0.680. The lowest BCUT2D eigenvalue weighted by molar-refractivity contribution is 0.244. The second-order valence-electron chi connectivity index (χ2n) is 5.86. The highest BCUT2D eigenvalue weighted by molar-refractivity contribution is 7.09. The van der Waals surface area contributed by atoms with Gasteiger partial charge in [-0.25, -0.2) is 4.98 Å². The second-order valence-corrected chi connectivity index (χ2v) is 6.59. The molecule has 0 aliphatic carbocycles. The van der Waals surface area contributed by atoms with Gasteiger partial charge >= 0.3 is 0 Å². The smallest absolute Gasteiger partial charge is 0.205 e. The molecule has 0 bridgehead atoms. The SMILES string of the molecule is CC1CCN(c2nc(C(C)(C)C)ns2)C1CO. The lowest BCUT2D eigenvalue weighted by Crippen LogP contribution is -2.35. The van der Waals surface area contributed by atoms with Crippen LogP contribution in [0.25, 0.3) is 0 Å². The average Bonchev–Trinajstić information content (AvgIpc) is 2.82. The Labute approximate surface area is 107 Å². The highest BCUT2D eigenvalue weighted by Gasteiger charge is 2.33. The monoisotopic (exact) mass is 255 g/mol. The molecule has 96 valence electrons. The van der Waals surface area contributed by atoms with Gasteiger partial charge in [0, 0.05) is 23.5 Å². The fourth-order valence-electron chi connectivity index (χ4n) is 2.16. The van der Waals surface area contributed by atoms with Crippen LogP contribution in [0.15, 0.2) is 0 Å². The van der Waals surface area contributed by atoms with Crippen LogP contribution >= 0.6 is 11.5 Å². The normalized spacial score (nSPS) is 25.6. The van der Waals surface area contributed by atoms with Crippen molar-refractivity contribution in [2.24, 2.45) is 5.92 Å². The summed E-state index contributed by atoms with van der Waals surface area (Å²) in [6.45, 7) is 9.72. The Morgan fingerprint density at radius 3 is 2.71 bits per heavy atom. The van der Waals surface area contributed by atoms with E-state index >= 15 is 0 Å². The molecule has 1 N–H and O–H groups in total. The molecule has 0 aromatic carbocycles. The summed E-state index contributed by atoms with van der Waals surface area (Å²) in [5.41, 5.74) is -0.00516. The topological polar surface area (TPSA) is 49.2 Å². The van der Waals surface area contributed by atoms with Crippen LogP contribution in [0.5, 0.6) is 0 Å². The maximum absolute atomic E-state index is 9.45. The first-order valence-corrected chi connectivity index (χ1v) is 6.92. The minimum atomic E-state index is -0.00516. The fourth-order valence-corrected chi connectivity index (χ4v) is 3.10. The molecular formula is C12H21N3OS. The molecule has 2 atom stereocenters. The molecule has 5 heteroatoms. The number of rotatable bonds is 2. The standard InChI is InChI=1S/C12H21N3OS/c1-8-5-6-15(9(8)7-16)11-13-10(14-17-11)12(2,3)4/h8-9,16H,5-7H2,1-4H3. The number of anilines is 1. The van der Waals surface area contributed by atoms with E-state index in [-0.39, 0.29) is 18.1 Å². The van der Waals surface area contributed by atoms with E-state index in [0.717, 1.165) is 23.9 Å². The van der Waals surface area contributed by atoms with Crippen molar-refractivity contribution in [3.8, 4) is 0 Å². The Morgan fingerprint density at radius 1 is 1.47 bits per heavy atom.